The minimum Gasteiger partial charge on any atom is -0.395 e. The van der Waals surface area contributed by atoms with Crippen molar-refractivity contribution in [2.75, 3.05) is 39.8 Å². The van der Waals surface area contributed by atoms with Crippen LogP contribution >= 0.6 is 0 Å². The molecule has 21 heavy (non-hydrogen) atoms. The standard InChI is InChI=1S/C18H30N2O/c1-4-20-12-8-11-17(20)13-19(3)14-18(2,15-21)16-9-6-5-7-10-16/h5-7,9-10,17,21H,4,8,11-15H2,1-3H3. The van der Waals surface area contributed by atoms with Crippen molar-refractivity contribution in [3.8, 4) is 0 Å². The molecule has 1 aliphatic rings. The Bertz CT molecular complexity index is 422. The summed E-state index contributed by atoms with van der Waals surface area (Å²) in [6.07, 6.45) is 2.63. The highest BCUT2D eigenvalue weighted by molar-refractivity contribution is 5.25. The van der Waals surface area contributed by atoms with Crippen LogP contribution in [0, 0.1) is 0 Å². The Balaban J connectivity index is 1.98. The molecule has 2 unspecified atom stereocenters. The van der Waals surface area contributed by atoms with Crippen LogP contribution in [0.3, 0.4) is 0 Å². The lowest BCUT2D eigenvalue weighted by Gasteiger charge is -2.35. The van der Waals surface area contributed by atoms with Crippen molar-refractivity contribution in [2.24, 2.45) is 0 Å². The van der Waals surface area contributed by atoms with E-state index in [1.165, 1.54) is 24.9 Å². The van der Waals surface area contributed by atoms with Crippen LogP contribution in [0.5, 0.6) is 0 Å². The first kappa shape index (κ1) is 16.5. The van der Waals surface area contributed by atoms with Gasteiger partial charge in [-0.2, -0.15) is 0 Å². The Labute approximate surface area is 129 Å². The highest BCUT2D eigenvalue weighted by Gasteiger charge is 2.30. The number of likely N-dealkylation sites (N-methyl/N-ethyl adjacent to an activating group) is 2. The predicted octanol–water partition coefficient (Wildman–Crippen LogP) is 2.35. The molecule has 1 aromatic carbocycles. The van der Waals surface area contributed by atoms with Gasteiger partial charge in [0.2, 0.25) is 0 Å². The zero-order chi connectivity index (χ0) is 15.3. The summed E-state index contributed by atoms with van der Waals surface area (Å²) < 4.78 is 0. The number of rotatable bonds is 7. The van der Waals surface area contributed by atoms with Crippen molar-refractivity contribution in [1.82, 2.24) is 9.80 Å². The number of nitrogens with zero attached hydrogens (tertiary/aromatic N) is 2. The predicted molar refractivity (Wildman–Crippen MR) is 88.6 cm³/mol. The van der Waals surface area contributed by atoms with Gasteiger partial charge in [0.1, 0.15) is 0 Å². The van der Waals surface area contributed by atoms with E-state index in [2.05, 4.69) is 55.0 Å². The minimum absolute atomic E-state index is 0.184. The van der Waals surface area contributed by atoms with Gasteiger partial charge in [-0.05, 0) is 38.5 Å². The van der Waals surface area contributed by atoms with Crippen molar-refractivity contribution in [2.45, 2.75) is 38.1 Å². The smallest absolute Gasteiger partial charge is 0.0537 e. The van der Waals surface area contributed by atoms with Crippen LogP contribution < -0.4 is 0 Å². The number of hydrogen-bond donors (Lipinski definition) is 1. The lowest BCUT2D eigenvalue weighted by Crippen LogP contribution is -2.45. The molecule has 2 atom stereocenters. The fraction of sp³-hybridized carbons (Fsp3) is 0.667. The normalized spacial score (nSPS) is 22.6. The minimum atomic E-state index is -0.189. The molecule has 118 valence electrons. The SMILES string of the molecule is CCN1CCCC1CN(C)CC(C)(CO)c1ccccc1. The first-order chi connectivity index (χ1) is 10.1. The molecule has 1 heterocycles. The summed E-state index contributed by atoms with van der Waals surface area (Å²) in [7, 11) is 2.18. The van der Waals surface area contributed by atoms with Crippen molar-refractivity contribution in [3.05, 3.63) is 35.9 Å². The second-order valence-electron chi connectivity index (χ2n) is 6.71. The molecule has 1 N–H and O–H groups in total. The zero-order valence-electron chi connectivity index (χ0n) is 13.8. The summed E-state index contributed by atoms with van der Waals surface area (Å²) in [6, 6.07) is 11.1. The van der Waals surface area contributed by atoms with E-state index < -0.39 is 0 Å². The van der Waals surface area contributed by atoms with Crippen molar-refractivity contribution < 1.29 is 5.11 Å². The quantitative estimate of drug-likeness (QED) is 0.835. The molecule has 1 aromatic rings. The third kappa shape index (κ3) is 4.06. The molecule has 0 spiro atoms. The number of likely N-dealkylation sites (tertiary alicyclic amines) is 1. The second-order valence-corrected chi connectivity index (χ2v) is 6.71. The van der Waals surface area contributed by atoms with Gasteiger partial charge in [0.15, 0.2) is 0 Å². The van der Waals surface area contributed by atoms with E-state index in [1.807, 2.05) is 6.07 Å². The molecule has 0 amide bonds. The van der Waals surface area contributed by atoms with Gasteiger partial charge in [-0.3, -0.25) is 4.90 Å². The summed E-state index contributed by atoms with van der Waals surface area (Å²) in [5.74, 6) is 0. The van der Waals surface area contributed by atoms with Crippen LogP contribution in [0.4, 0.5) is 0 Å². The number of aliphatic hydroxyl groups excluding tert-OH is 1. The van der Waals surface area contributed by atoms with Crippen molar-refractivity contribution >= 4 is 0 Å². The highest BCUT2D eigenvalue weighted by atomic mass is 16.3. The van der Waals surface area contributed by atoms with Crippen LogP contribution in [0.2, 0.25) is 0 Å². The first-order valence-corrected chi connectivity index (χ1v) is 8.18. The van der Waals surface area contributed by atoms with Crippen LogP contribution in [0.25, 0.3) is 0 Å². The van der Waals surface area contributed by atoms with E-state index in [4.69, 9.17) is 0 Å². The highest BCUT2D eigenvalue weighted by Crippen LogP contribution is 2.25. The van der Waals surface area contributed by atoms with E-state index in [0.717, 1.165) is 19.6 Å². The molecule has 0 bridgehead atoms. The van der Waals surface area contributed by atoms with Gasteiger partial charge in [-0.15, -0.1) is 0 Å². The summed E-state index contributed by atoms with van der Waals surface area (Å²) >= 11 is 0. The Kier molecular flexibility index (Phi) is 5.80. The molecule has 1 saturated heterocycles. The summed E-state index contributed by atoms with van der Waals surface area (Å²) in [4.78, 5) is 4.97. The monoisotopic (exact) mass is 290 g/mol. The average Bonchev–Trinajstić information content (AvgIpc) is 2.95. The van der Waals surface area contributed by atoms with Gasteiger partial charge >= 0.3 is 0 Å². The van der Waals surface area contributed by atoms with Crippen LogP contribution in [-0.4, -0.2) is 60.8 Å². The molecule has 1 aliphatic heterocycles. The molecule has 3 nitrogen and oxygen atoms in total. The second kappa shape index (κ2) is 7.39. The van der Waals surface area contributed by atoms with Crippen molar-refractivity contribution in [3.63, 3.8) is 0 Å². The van der Waals surface area contributed by atoms with E-state index in [9.17, 15) is 5.11 Å². The molecule has 0 saturated carbocycles. The fourth-order valence-electron chi connectivity index (χ4n) is 3.61. The topological polar surface area (TPSA) is 26.7 Å². The summed E-state index contributed by atoms with van der Waals surface area (Å²) in [5, 5.41) is 9.91. The largest absolute Gasteiger partial charge is 0.395 e. The first-order valence-electron chi connectivity index (χ1n) is 8.18. The fourth-order valence-corrected chi connectivity index (χ4v) is 3.61. The van der Waals surface area contributed by atoms with Gasteiger partial charge in [0.25, 0.3) is 0 Å². The van der Waals surface area contributed by atoms with Gasteiger partial charge in [0.05, 0.1) is 6.61 Å². The Hall–Kier alpha value is -0.900. The van der Waals surface area contributed by atoms with Gasteiger partial charge in [0, 0.05) is 24.5 Å². The maximum absolute atomic E-state index is 9.91. The van der Waals surface area contributed by atoms with Gasteiger partial charge in [-0.1, -0.05) is 44.2 Å². The van der Waals surface area contributed by atoms with Gasteiger partial charge in [-0.25, -0.2) is 0 Å². The zero-order valence-corrected chi connectivity index (χ0v) is 13.8. The third-order valence-corrected chi connectivity index (χ3v) is 4.87. The molecule has 0 aliphatic carbocycles. The lowest BCUT2D eigenvalue weighted by molar-refractivity contribution is 0.135. The Morgan fingerprint density at radius 1 is 1.33 bits per heavy atom. The van der Waals surface area contributed by atoms with Crippen LogP contribution in [-0.2, 0) is 5.41 Å². The Morgan fingerprint density at radius 2 is 2.05 bits per heavy atom. The van der Waals surface area contributed by atoms with Crippen molar-refractivity contribution in [1.29, 1.82) is 0 Å². The molecule has 1 fully saturated rings. The van der Waals surface area contributed by atoms with E-state index in [0.29, 0.717) is 6.04 Å². The molecular weight excluding hydrogens is 260 g/mol. The van der Waals surface area contributed by atoms with Crippen LogP contribution in [0.15, 0.2) is 30.3 Å². The lowest BCUT2D eigenvalue weighted by atomic mass is 9.82. The average molecular weight is 290 g/mol. The van der Waals surface area contributed by atoms with E-state index in [-0.39, 0.29) is 12.0 Å². The summed E-state index contributed by atoms with van der Waals surface area (Å²) in [6.45, 7) is 8.96. The molecular formula is C18H30N2O. The maximum atomic E-state index is 9.91. The summed E-state index contributed by atoms with van der Waals surface area (Å²) in [5.41, 5.74) is 1.03. The Morgan fingerprint density at radius 3 is 2.67 bits per heavy atom. The molecule has 0 aromatic heterocycles. The maximum Gasteiger partial charge on any atom is 0.0537 e. The third-order valence-electron chi connectivity index (χ3n) is 4.87. The molecule has 3 heteroatoms. The molecule has 2 rings (SSSR count). The molecule has 0 radical (unpaired) electrons. The van der Waals surface area contributed by atoms with Crippen LogP contribution in [0.1, 0.15) is 32.3 Å². The number of hydrogen-bond acceptors (Lipinski definition) is 3. The number of benzene rings is 1. The van der Waals surface area contributed by atoms with Gasteiger partial charge < -0.3 is 10.0 Å². The van der Waals surface area contributed by atoms with E-state index in [1.54, 1.807) is 0 Å². The van der Waals surface area contributed by atoms with E-state index >= 15 is 0 Å². The number of aliphatic hydroxyl groups is 1.